The Morgan fingerprint density at radius 2 is 1.65 bits per heavy atom. The van der Waals surface area contributed by atoms with E-state index < -0.39 is 32.7 Å². The van der Waals surface area contributed by atoms with Crippen molar-refractivity contribution in [2.45, 2.75) is 9.97 Å². The van der Waals surface area contributed by atoms with Crippen LogP contribution in [0.1, 0.15) is 15.9 Å². The van der Waals surface area contributed by atoms with Crippen LogP contribution in [0.2, 0.25) is 0 Å². The summed E-state index contributed by atoms with van der Waals surface area (Å²) in [5, 5.41) is 0. The average Bonchev–Trinajstić information content (AvgIpc) is 2.12. The Hall–Kier alpha value is -0.520. The summed E-state index contributed by atoms with van der Waals surface area (Å²) in [6.45, 7) is 0. The molecule has 0 atom stereocenters. The van der Waals surface area contributed by atoms with Crippen molar-refractivity contribution in [3.63, 3.8) is 0 Å². The second-order valence-corrected chi connectivity index (χ2v) is 5.27. The fraction of sp³-hybridized carbons (Fsp3) is 0.222. The quantitative estimate of drug-likeness (QED) is 0.427. The molecule has 94 valence electrons. The van der Waals surface area contributed by atoms with Crippen LogP contribution in [0.4, 0.5) is 17.6 Å². The Bertz CT molecular complexity index is 451. The minimum absolute atomic E-state index is 0.567. The lowest BCUT2D eigenvalue weighted by atomic mass is 10.0. The number of benzene rings is 1. The second-order valence-electron chi connectivity index (χ2n) is 2.99. The number of carbonyl (C=O) groups excluding carboxylic acids is 1. The molecule has 17 heavy (non-hydrogen) atoms. The van der Waals surface area contributed by atoms with E-state index >= 15 is 0 Å². The zero-order valence-corrected chi connectivity index (χ0v) is 10.1. The van der Waals surface area contributed by atoms with Crippen molar-refractivity contribution in [2.75, 3.05) is 0 Å². The van der Waals surface area contributed by atoms with Crippen molar-refractivity contribution in [1.29, 1.82) is 0 Å². The molecule has 0 aliphatic heterocycles. The number of hydrogen-bond acceptors (Lipinski definition) is 1. The maximum atomic E-state index is 13.1. The van der Waals surface area contributed by atoms with Gasteiger partial charge in [-0.3, -0.25) is 4.79 Å². The minimum Gasteiger partial charge on any atom is -0.289 e. The molecule has 1 aromatic rings. The molecule has 0 spiro atoms. The van der Waals surface area contributed by atoms with Crippen LogP contribution in [0.15, 0.2) is 18.2 Å². The summed E-state index contributed by atoms with van der Waals surface area (Å²) in [7, 11) is 0. The van der Waals surface area contributed by atoms with Gasteiger partial charge in [0.2, 0.25) is 5.78 Å². The van der Waals surface area contributed by atoms with Crippen LogP contribution in [-0.2, 0) is 6.18 Å². The molecule has 0 heterocycles. The highest BCUT2D eigenvalue weighted by molar-refractivity contribution is 6.77. The number of halogens is 7. The lowest BCUT2D eigenvalue weighted by Crippen LogP contribution is -2.24. The average molecular weight is 309 g/mol. The number of hydrogen-bond donors (Lipinski definition) is 0. The zero-order valence-electron chi connectivity index (χ0n) is 7.79. The Morgan fingerprint density at radius 1 is 1.12 bits per heavy atom. The van der Waals surface area contributed by atoms with Crippen LogP contribution < -0.4 is 0 Å². The molecule has 0 saturated carbocycles. The van der Waals surface area contributed by atoms with Crippen molar-refractivity contribution in [3.8, 4) is 0 Å². The van der Waals surface area contributed by atoms with Gasteiger partial charge in [-0.05, 0) is 6.07 Å². The molecular weight excluding hydrogens is 306 g/mol. The number of rotatable bonds is 1. The van der Waals surface area contributed by atoms with Crippen LogP contribution in [0.3, 0.4) is 0 Å². The lowest BCUT2D eigenvalue weighted by Gasteiger charge is -2.15. The van der Waals surface area contributed by atoms with E-state index in [2.05, 4.69) is 0 Å². The molecule has 0 unspecified atom stereocenters. The highest BCUT2D eigenvalue weighted by atomic mass is 35.6. The van der Waals surface area contributed by atoms with Crippen molar-refractivity contribution in [2.24, 2.45) is 0 Å². The van der Waals surface area contributed by atoms with Gasteiger partial charge in [-0.15, -0.1) is 0 Å². The Balaban J connectivity index is 3.46. The van der Waals surface area contributed by atoms with Crippen molar-refractivity contribution >= 4 is 40.6 Å². The summed E-state index contributed by atoms with van der Waals surface area (Å²) < 4.78 is 48.1. The summed E-state index contributed by atoms with van der Waals surface area (Å²) in [6.07, 6.45) is -5.05. The van der Waals surface area contributed by atoms with Crippen molar-refractivity contribution < 1.29 is 22.4 Å². The molecule has 1 aromatic carbocycles. The second kappa shape index (κ2) is 4.63. The minimum atomic E-state index is -5.05. The van der Waals surface area contributed by atoms with E-state index in [0.717, 1.165) is 12.1 Å². The van der Waals surface area contributed by atoms with Crippen LogP contribution in [0.5, 0.6) is 0 Å². The number of carbonyl (C=O) groups is 1. The molecule has 0 aliphatic rings. The van der Waals surface area contributed by atoms with Crippen LogP contribution in [0, 0.1) is 5.82 Å². The highest BCUT2D eigenvalue weighted by Gasteiger charge is 2.42. The first-order chi connectivity index (χ1) is 7.55. The topological polar surface area (TPSA) is 17.1 Å². The van der Waals surface area contributed by atoms with Gasteiger partial charge < -0.3 is 0 Å². The van der Waals surface area contributed by atoms with Gasteiger partial charge in [-0.2, -0.15) is 13.2 Å². The first-order valence-corrected chi connectivity index (χ1v) is 5.15. The predicted molar refractivity (Wildman–Crippen MR) is 56.0 cm³/mol. The summed E-state index contributed by atoms with van der Waals surface area (Å²) in [6, 6.07) is 2.24. The summed E-state index contributed by atoms with van der Waals surface area (Å²) in [5.74, 6) is -3.04. The van der Waals surface area contributed by atoms with Crippen molar-refractivity contribution in [3.05, 3.63) is 35.1 Å². The fourth-order valence-corrected chi connectivity index (χ4v) is 1.46. The molecular formula is C9H3Cl3F4O. The van der Waals surface area contributed by atoms with E-state index in [9.17, 15) is 22.4 Å². The molecule has 0 N–H and O–H groups in total. The zero-order chi connectivity index (χ0) is 13.4. The standard InChI is InChI=1S/C9H3Cl3F4O/c10-8(11,12)7(17)4-2-1-3-5(13)6(4)9(14,15)16/h1-3H. The summed E-state index contributed by atoms with van der Waals surface area (Å²) >= 11 is 15.6. The van der Waals surface area contributed by atoms with Gasteiger partial charge in [0.05, 0.1) is 0 Å². The molecule has 1 rings (SSSR count). The largest absolute Gasteiger partial charge is 0.419 e. The first kappa shape index (κ1) is 14.5. The van der Waals surface area contributed by atoms with E-state index in [1.54, 1.807) is 0 Å². The molecule has 0 fully saturated rings. The smallest absolute Gasteiger partial charge is 0.289 e. The van der Waals surface area contributed by atoms with Gasteiger partial charge in [0.15, 0.2) is 0 Å². The van der Waals surface area contributed by atoms with Gasteiger partial charge in [0.1, 0.15) is 11.4 Å². The van der Waals surface area contributed by atoms with Gasteiger partial charge in [-0.25, -0.2) is 4.39 Å². The normalized spacial score (nSPS) is 12.6. The van der Waals surface area contributed by atoms with Gasteiger partial charge >= 0.3 is 6.18 Å². The van der Waals surface area contributed by atoms with Crippen molar-refractivity contribution in [1.82, 2.24) is 0 Å². The third-order valence-corrected chi connectivity index (χ3v) is 2.31. The Morgan fingerprint density at radius 3 is 2.06 bits per heavy atom. The monoisotopic (exact) mass is 308 g/mol. The maximum absolute atomic E-state index is 13.1. The van der Waals surface area contributed by atoms with Crippen LogP contribution in [0.25, 0.3) is 0 Å². The third-order valence-electron chi connectivity index (χ3n) is 1.80. The molecule has 8 heteroatoms. The number of alkyl halides is 6. The van der Waals surface area contributed by atoms with E-state index in [1.165, 1.54) is 0 Å². The SMILES string of the molecule is O=C(c1cccc(F)c1C(F)(F)F)C(Cl)(Cl)Cl. The fourth-order valence-electron chi connectivity index (χ4n) is 1.15. The number of ketones is 1. The van der Waals surface area contributed by atoms with Gasteiger partial charge in [-0.1, -0.05) is 46.9 Å². The first-order valence-electron chi connectivity index (χ1n) is 4.02. The van der Waals surface area contributed by atoms with Crippen LogP contribution >= 0.6 is 34.8 Å². The molecule has 1 nitrogen and oxygen atoms in total. The molecule has 0 amide bonds. The van der Waals surface area contributed by atoms with Gasteiger partial charge in [0, 0.05) is 5.56 Å². The molecule has 0 aliphatic carbocycles. The van der Waals surface area contributed by atoms with Crippen LogP contribution in [-0.4, -0.2) is 9.58 Å². The Kier molecular flexibility index (Phi) is 3.96. The summed E-state index contributed by atoms with van der Waals surface area (Å²) in [4.78, 5) is 11.4. The Labute approximate surface area is 108 Å². The van der Waals surface area contributed by atoms with E-state index in [0.29, 0.717) is 6.07 Å². The maximum Gasteiger partial charge on any atom is 0.419 e. The predicted octanol–water partition coefficient (Wildman–Crippen LogP) is 4.40. The third kappa shape index (κ3) is 3.24. The summed E-state index contributed by atoms with van der Waals surface area (Å²) in [5.41, 5.74) is -2.76. The molecule has 0 radical (unpaired) electrons. The molecule has 0 saturated heterocycles. The molecule has 0 bridgehead atoms. The van der Waals surface area contributed by atoms with E-state index in [-0.39, 0.29) is 0 Å². The van der Waals surface area contributed by atoms with Gasteiger partial charge in [0.25, 0.3) is 3.79 Å². The van der Waals surface area contributed by atoms with E-state index in [4.69, 9.17) is 34.8 Å². The number of Topliss-reactive ketones (excluding diaryl/α,β-unsaturated/α-hetero) is 1. The lowest BCUT2D eigenvalue weighted by molar-refractivity contribution is -0.140. The van der Waals surface area contributed by atoms with E-state index in [1.807, 2.05) is 0 Å². The highest BCUT2D eigenvalue weighted by Crippen LogP contribution is 2.38. The molecule has 0 aromatic heterocycles.